The molecule has 7 aromatic rings. The average molecular weight is 731 g/mol. The van der Waals surface area contributed by atoms with E-state index in [1.165, 1.54) is 28.3 Å². The third-order valence-electron chi connectivity index (χ3n) is 9.70. The molecule has 0 spiro atoms. The van der Waals surface area contributed by atoms with Crippen molar-refractivity contribution in [2.45, 2.75) is 27.7 Å². The highest BCUT2D eigenvalue weighted by molar-refractivity contribution is 5.94. The summed E-state index contributed by atoms with van der Waals surface area (Å²) in [5.41, 5.74) is 14.2. The van der Waals surface area contributed by atoms with Gasteiger partial charge in [0.05, 0.1) is 6.57 Å². The summed E-state index contributed by atoms with van der Waals surface area (Å²) in [5, 5.41) is 9.44. The van der Waals surface area contributed by atoms with Gasteiger partial charge in [-0.05, 0) is 149 Å². The van der Waals surface area contributed by atoms with Crippen LogP contribution in [-0.2, 0) is 4.79 Å². The number of nitrogens with zero attached hydrogens (tertiary/aromatic N) is 4. The van der Waals surface area contributed by atoms with Crippen LogP contribution in [0.25, 0.3) is 10.9 Å². The highest BCUT2D eigenvalue weighted by Crippen LogP contribution is 2.41. The molecule has 0 radical (unpaired) electrons. The Balaban J connectivity index is 1.30. The fourth-order valence-electron chi connectivity index (χ4n) is 6.64. The van der Waals surface area contributed by atoms with Gasteiger partial charge in [-0.2, -0.15) is 0 Å². The summed E-state index contributed by atoms with van der Waals surface area (Å²) in [6, 6.07) is 58.8. The lowest BCUT2D eigenvalue weighted by atomic mass is 10.1. The van der Waals surface area contributed by atoms with Crippen molar-refractivity contribution in [1.82, 2.24) is 0 Å². The summed E-state index contributed by atoms with van der Waals surface area (Å²) in [4.78, 5) is 21.4. The minimum atomic E-state index is -1.25. The quantitative estimate of drug-likeness (QED) is 0.106. The zero-order valence-electron chi connectivity index (χ0n) is 31.9. The smallest absolute Gasteiger partial charge is 0.333 e. The highest BCUT2D eigenvalue weighted by atomic mass is 16.4. The van der Waals surface area contributed by atoms with E-state index in [1.807, 2.05) is 24.3 Å². The molecule has 0 saturated carbocycles. The maximum atomic E-state index is 11.6. The van der Waals surface area contributed by atoms with Crippen molar-refractivity contribution < 1.29 is 9.90 Å². The van der Waals surface area contributed by atoms with E-state index in [4.69, 9.17) is 6.57 Å². The molecular formula is C50H42N4O2. The number of aliphatic carboxylic acids is 1. The Hall–Kier alpha value is -7.36. The molecule has 6 heteroatoms. The normalized spacial score (nSPS) is 11.1. The Morgan fingerprint density at radius 2 is 0.607 bits per heavy atom. The second kappa shape index (κ2) is 16.3. The largest absolute Gasteiger partial charge is 0.486 e. The zero-order chi connectivity index (χ0) is 39.2. The third kappa shape index (κ3) is 8.23. The minimum absolute atomic E-state index is 0.334. The fourth-order valence-corrected chi connectivity index (χ4v) is 6.64. The summed E-state index contributed by atoms with van der Waals surface area (Å²) in [6.07, 6.45) is 1.39. The van der Waals surface area contributed by atoms with Crippen LogP contribution in [0.15, 0.2) is 176 Å². The molecule has 0 atom stereocenters. The number of hydrogen-bond acceptors (Lipinski definition) is 4. The Labute approximate surface area is 329 Å². The molecule has 0 aliphatic heterocycles. The van der Waals surface area contributed by atoms with E-state index in [2.05, 4.69) is 193 Å². The van der Waals surface area contributed by atoms with Gasteiger partial charge >= 0.3 is 5.97 Å². The van der Waals surface area contributed by atoms with Crippen LogP contribution >= 0.6 is 0 Å². The summed E-state index contributed by atoms with van der Waals surface area (Å²) < 4.78 is 0. The first-order valence-corrected chi connectivity index (χ1v) is 18.5. The molecule has 0 fully saturated rings. The van der Waals surface area contributed by atoms with Crippen LogP contribution in [0.4, 0.5) is 51.2 Å². The number of carboxylic acid groups (broad SMARTS) is 1. The number of carbonyl (C=O) groups is 1. The molecule has 0 saturated heterocycles. The van der Waals surface area contributed by atoms with Gasteiger partial charge in [0.25, 0.3) is 5.70 Å². The van der Waals surface area contributed by atoms with E-state index in [1.54, 1.807) is 0 Å². The Kier molecular flexibility index (Phi) is 10.8. The lowest BCUT2D eigenvalue weighted by Gasteiger charge is -2.29. The Bertz CT molecular complexity index is 2270. The Morgan fingerprint density at radius 1 is 0.411 bits per heavy atom. The number of anilines is 9. The third-order valence-corrected chi connectivity index (χ3v) is 9.70. The molecule has 0 aromatic heterocycles. The molecule has 6 nitrogen and oxygen atoms in total. The predicted molar refractivity (Wildman–Crippen MR) is 232 cm³/mol. The van der Waals surface area contributed by atoms with Gasteiger partial charge < -0.3 is 19.8 Å². The maximum Gasteiger partial charge on any atom is 0.333 e. The van der Waals surface area contributed by atoms with Gasteiger partial charge in [0, 0.05) is 51.2 Å². The standard InChI is InChI=1S/C50H42N4O2/c1-35-6-16-40(17-7-35)52(41-18-8-36(2)9-19-41)45-26-30-47(31-27-45)54(44-24-14-39(15-25-44)34-49(51-5)50(55)56)48-32-28-46(29-33-48)53(42-20-10-37(3)11-21-42)43-22-12-38(4)13-23-43/h6-34H,1-4H3,(H,55,56). The van der Waals surface area contributed by atoms with Crippen LogP contribution in [0.2, 0.25) is 0 Å². The number of rotatable bonds is 11. The molecule has 0 aliphatic rings. The molecule has 0 unspecified atom stereocenters. The average Bonchev–Trinajstić information content (AvgIpc) is 3.21. The predicted octanol–water partition coefficient (Wildman–Crippen LogP) is 13.7. The molecule has 56 heavy (non-hydrogen) atoms. The van der Waals surface area contributed by atoms with Crippen molar-refractivity contribution in [2.75, 3.05) is 14.7 Å². The van der Waals surface area contributed by atoms with E-state index >= 15 is 0 Å². The molecule has 7 aromatic carbocycles. The maximum absolute atomic E-state index is 11.6. The van der Waals surface area contributed by atoms with E-state index in [0.29, 0.717) is 5.56 Å². The topological polar surface area (TPSA) is 51.4 Å². The van der Waals surface area contributed by atoms with Gasteiger partial charge in [0.15, 0.2) is 0 Å². The van der Waals surface area contributed by atoms with Crippen molar-refractivity contribution in [2.24, 2.45) is 0 Å². The first-order chi connectivity index (χ1) is 27.2. The van der Waals surface area contributed by atoms with E-state index < -0.39 is 5.97 Å². The number of hydrogen-bond donors (Lipinski definition) is 1. The van der Waals surface area contributed by atoms with E-state index in [0.717, 1.165) is 51.2 Å². The van der Waals surface area contributed by atoms with Crippen LogP contribution in [-0.4, -0.2) is 11.1 Å². The van der Waals surface area contributed by atoms with Gasteiger partial charge in [-0.15, -0.1) is 0 Å². The molecule has 1 N–H and O–H groups in total. The Morgan fingerprint density at radius 3 is 0.804 bits per heavy atom. The summed E-state index contributed by atoms with van der Waals surface area (Å²) in [5.74, 6) is -1.25. The number of aryl methyl sites for hydroxylation is 4. The van der Waals surface area contributed by atoms with Gasteiger partial charge in [0.2, 0.25) is 0 Å². The van der Waals surface area contributed by atoms with Crippen molar-refractivity contribution >= 4 is 63.2 Å². The van der Waals surface area contributed by atoms with E-state index in [9.17, 15) is 9.90 Å². The van der Waals surface area contributed by atoms with Gasteiger partial charge in [-0.25, -0.2) is 4.85 Å². The second-order valence-electron chi connectivity index (χ2n) is 13.9. The molecule has 0 heterocycles. The van der Waals surface area contributed by atoms with Crippen LogP contribution in [0.1, 0.15) is 27.8 Å². The number of benzene rings is 7. The molecule has 0 aliphatic carbocycles. The van der Waals surface area contributed by atoms with Gasteiger partial charge in [-0.1, -0.05) is 82.9 Å². The first-order valence-electron chi connectivity index (χ1n) is 18.5. The molecule has 0 bridgehead atoms. The van der Waals surface area contributed by atoms with Gasteiger partial charge in [-0.3, -0.25) is 4.79 Å². The van der Waals surface area contributed by atoms with Crippen LogP contribution in [0, 0.1) is 34.3 Å². The lowest BCUT2D eigenvalue weighted by Crippen LogP contribution is -2.13. The van der Waals surface area contributed by atoms with Crippen molar-refractivity contribution in [3.05, 3.63) is 215 Å². The molecule has 274 valence electrons. The SMILES string of the molecule is [C-]#[N+]C(=Cc1ccc(N(c2ccc(N(c3ccc(C)cc3)c3ccc(C)cc3)cc2)c2ccc(N(c3ccc(C)cc3)c3ccc(C)cc3)cc2)cc1)C(=O)O. The van der Waals surface area contributed by atoms with Crippen LogP contribution in [0.5, 0.6) is 0 Å². The fraction of sp³-hybridized carbons (Fsp3) is 0.0800. The summed E-state index contributed by atoms with van der Waals surface area (Å²) in [7, 11) is 0. The lowest BCUT2D eigenvalue weighted by molar-refractivity contribution is -0.132. The molecule has 0 amide bonds. The zero-order valence-corrected chi connectivity index (χ0v) is 31.9. The summed E-state index contributed by atoms with van der Waals surface area (Å²) >= 11 is 0. The molecular weight excluding hydrogens is 689 g/mol. The van der Waals surface area contributed by atoms with Crippen molar-refractivity contribution in [3.8, 4) is 0 Å². The monoisotopic (exact) mass is 730 g/mol. The van der Waals surface area contributed by atoms with Crippen LogP contribution < -0.4 is 14.7 Å². The van der Waals surface area contributed by atoms with E-state index in [-0.39, 0.29) is 5.70 Å². The second-order valence-corrected chi connectivity index (χ2v) is 13.9. The number of carboxylic acids is 1. The van der Waals surface area contributed by atoms with Gasteiger partial charge in [0.1, 0.15) is 0 Å². The summed E-state index contributed by atoms with van der Waals surface area (Å²) in [6.45, 7) is 15.7. The molecule has 7 rings (SSSR count). The minimum Gasteiger partial charge on any atom is -0.486 e. The first kappa shape index (κ1) is 37.0. The highest BCUT2D eigenvalue weighted by Gasteiger charge is 2.18. The van der Waals surface area contributed by atoms with Crippen LogP contribution in [0.3, 0.4) is 0 Å². The van der Waals surface area contributed by atoms with Crippen molar-refractivity contribution in [3.63, 3.8) is 0 Å². The van der Waals surface area contributed by atoms with Crippen molar-refractivity contribution in [1.29, 1.82) is 0 Å².